The number of halogens is 1. The van der Waals surface area contributed by atoms with Crippen molar-refractivity contribution >= 4 is 27.3 Å². The first-order chi connectivity index (χ1) is 7.74. The number of benzene rings is 2. The van der Waals surface area contributed by atoms with E-state index >= 15 is 0 Å². The molecule has 0 aliphatic heterocycles. The number of hydrogen-bond donors (Lipinski definition) is 1. The van der Waals surface area contributed by atoms with Crippen molar-refractivity contribution < 1.29 is 5.11 Å². The second-order valence-corrected chi connectivity index (χ2v) is 4.11. The maximum Gasteiger partial charge on any atom is 0.115 e. The molecule has 0 saturated heterocycles. The summed E-state index contributed by atoms with van der Waals surface area (Å²) in [6, 6.07) is 14.1. The smallest absolute Gasteiger partial charge is 0.115 e. The lowest BCUT2D eigenvalue weighted by molar-refractivity contribution is 0.475. The number of aromatic hydroxyl groups is 1. The zero-order valence-electron chi connectivity index (χ0n) is 8.34. The van der Waals surface area contributed by atoms with Gasteiger partial charge < -0.3 is 5.11 Å². The molecule has 0 unspecified atom stereocenters. The highest BCUT2D eigenvalue weighted by Crippen LogP contribution is 2.21. The Labute approximate surface area is 102 Å². The van der Waals surface area contributed by atoms with Gasteiger partial charge in [0.25, 0.3) is 0 Å². The highest BCUT2D eigenvalue weighted by atomic mass is 79.9. The van der Waals surface area contributed by atoms with Crippen LogP contribution in [0.2, 0.25) is 0 Å². The van der Waals surface area contributed by atoms with Gasteiger partial charge in [0.15, 0.2) is 0 Å². The molecular formula is C12H9BrN2O. The van der Waals surface area contributed by atoms with E-state index in [-0.39, 0.29) is 5.75 Å². The van der Waals surface area contributed by atoms with Crippen molar-refractivity contribution in [2.75, 3.05) is 0 Å². The van der Waals surface area contributed by atoms with Gasteiger partial charge >= 0.3 is 0 Å². The zero-order chi connectivity index (χ0) is 11.4. The summed E-state index contributed by atoms with van der Waals surface area (Å²) >= 11 is 3.35. The summed E-state index contributed by atoms with van der Waals surface area (Å²) < 4.78 is 1.01. The second-order valence-electron chi connectivity index (χ2n) is 3.19. The van der Waals surface area contributed by atoms with Crippen molar-refractivity contribution in [1.82, 2.24) is 0 Å². The minimum Gasteiger partial charge on any atom is -0.508 e. The summed E-state index contributed by atoms with van der Waals surface area (Å²) in [7, 11) is 0. The quantitative estimate of drug-likeness (QED) is 0.803. The molecule has 2 aromatic rings. The summed E-state index contributed by atoms with van der Waals surface area (Å²) in [6.45, 7) is 0. The molecule has 0 saturated carbocycles. The number of phenols is 1. The number of azo groups is 1. The zero-order valence-corrected chi connectivity index (χ0v) is 9.92. The highest BCUT2D eigenvalue weighted by molar-refractivity contribution is 9.10. The van der Waals surface area contributed by atoms with Crippen LogP contribution < -0.4 is 0 Å². The summed E-state index contributed by atoms with van der Waals surface area (Å²) in [4.78, 5) is 0. The lowest BCUT2D eigenvalue weighted by atomic mass is 10.3. The number of hydrogen-bond acceptors (Lipinski definition) is 3. The molecule has 3 nitrogen and oxygen atoms in total. The van der Waals surface area contributed by atoms with E-state index in [0.29, 0.717) is 5.69 Å². The first kappa shape index (κ1) is 10.8. The summed E-state index contributed by atoms with van der Waals surface area (Å²) in [5.41, 5.74) is 1.50. The van der Waals surface area contributed by atoms with Crippen molar-refractivity contribution in [2.45, 2.75) is 0 Å². The van der Waals surface area contributed by atoms with E-state index in [1.54, 1.807) is 24.3 Å². The highest BCUT2D eigenvalue weighted by Gasteiger charge is 1.91. The van der Waals surface area contributed by atoms with E-state index in [4.69, 9.17) is 5.11 Å². The summed E-state index contributed by atoms with van der Waals surface area (Å²) in [5.74, 6) is 0.225. The Morgan fingerprint density at radius 1 is 0.750 bits per heavy atom. The topological polar surface area (TPSA) is 45.0 Å². The minimum atomic E-state index is 0.225. The fourth-order valence-electron chi connectivity index (χ4n) is 1.14. The predicted molar refractivity (Wildman–Crippen MR) is 66.4 cm³/mol. The molecule has 0 heterocycles. The van der Waals surface area contributed by atoms with Crippen molar-refractivity contribution in [3.8, 4) is 5.75 Å². The fourth-order valence-corrected chi connectivity index (χ4v) is 1.41. The van der Waals surface area contributed by atoms with Crippen LogP contribution in [0.4, 0.5) is 11.4 Å². The monoisotopic (exact) mass is 276 g/mol. The average Bonchev–Trinajstić information content (AvgIpc) is 2.30. The summed E-state index contributed by atoms with van der Waals surface area (Å²) in [6.07, 6.45) is 0. The predicted octanol–water partition coefficient (Wildman–Crippen LogP) is 4.57. The molecule has 0 radical (unpaired) electrons. The lowest BCUT2D eigenvalue weighted by Gasteiger charge is -1.94. The third-order valence-electron chi connectivity index (χ3n) is 1.96. The molecule has 0 aliphatic rings. The molecule has 0 atom stereocenters. The first-order valence-corrected chi connectivity index (χ1v) is 5.50. The summed E-state index contributed by atoms with van der Waals surface area (Å²) in [5, 5.41) is 17.2. The Morgan fingerprint density at radius 2 is 1.19 bits per heavy atom. The van der Waals surface area contributed by atoms with Crippen LogP contribution in [0.5, 0.6) is 5.75 Å². The van der Waals surface area contributed by atoms with Crippen LogP contribution in [0, 0.1) is 0 Å². The number of phenolic OH excluding ortho intramolecular Hbond substituents is 1. The average molecular weight is 277 g/mol. The van der Waals surface area contributed by atoms with Crippen molar-refractivity contribution in [2.24, 2.45) is 10.2 Å². The molecule has 80 valence electrons. The van der Waals surface area contributed by atoms with E-state index < -0.39 is 0 Å². The van der Waals surface area contributed by atoms with Gasteiger partial charge in [-0.05, 0) is 48.5 Å². The molecule has 1 N–H and O–H groups in total. The van der Waals surface area contributed by atoms with E-state index in [2.05, 4.69) is 26.2 Å². The van der Waals surface area contributed by atoms with Gasteiger partial charge in [-0.2, -0.15) is 10.2 Å². The van der Waals surface area contributed by atoms with E-state index in [9.17, 15) is 0 Å². The van der Waals surface area contributed by atoms with Crippen LogP contribution in [-0.4, -0.2) is 5.11 Å². The largest absolute Gasteiger partial charge is 0.508 e. The van der Waals surface area contributed by atoms with Gasteiger partial charge in [-0.3, -0.25) is 0 Å². The minimum absolute atomic E-state index is 0.225. The molecule has 0 aliphatic carbocycles. The van der Waals surface area contributed by atoms with Gasteiger partial charge in [-0.15, -0.1) is 0 Å². The van der Waals surface area contributed by atoms with Crippen LogP contribution in [0.3, 0.4) is 0 Å². The second kappa shape index (κ2) is 4.90. The third kappa shape index (κ3) is 2.90. The standard InChI is InChI=1S/C12H9BrN2O/c13-9-1-3-10(4-2-9)14-15-11-5-7-12(16)8-6-11/h1-8,16H/b15-14+. The molecule has 0 aromatic heterocycles. The Hall–Kier alpha value is -1.68. The van der Waals surface area contributed by atoms with Crippen LogP contribution in [0.1, 0.15) is 0 Å². The van der Waals surface area contributed by atoms with Gasteiger partial charge in [0, 0.05) is 4.47 Å². The van der Waals surface area contributed by atoms with E-state index in [1.165, 1.54) is 0 Å². The third-order valence-corrected chi connectivity index (χ3v) is 2.49. The molecule has 0 spiro atoms. The Kier molecular flexibility index (Phi) is 3.31. The van der Waals surface area contributed by atoms with Gasteiger partial charge in [-0.1, -0.05) is 15.9 Å². The van der Waals surface area contributed by atoms with E-state index in [0.717, 1.165) is 10.2 Å². The molecule has 0 amide bonds. The molecular weight excluding hydrogens is 268 g/mol. The Morgan fingerprint density at radius 3 is 1.69 bits per heavy atom. The molecule has 0 fully saturated rings. The molecule has 0 bridgehead atoms. The first-order valence-electron chi connectivity index (χ1n) is 4.70. The maximum atomic E-state index is 9.09. The molecule has 2 aromatic carbocycles. The maximum absolute atomic E-state index is 9.09. The normalized spacial score (nSPS) is 10.8. The molecule has 4 heteroatoms. The van der Waals surface area contributed by atoms with E-state index in [1.807, 2.05) is 24.3 Å². The molecule has 2 rings (SSSR count). The van der Waals surface area contributed by atoms with Crippen LogP contribution in [0.15, 0.2) is 63.2 Å². The van der Waals surface area contributed by atoms with Crippen molar-refractivity contribution in [3.63, 3.8) is 0 Å². The van der Waals surface area contributed by atoms with Crippen LogP contribution in [0.25, 0.3) is 0 Å². The lowest BCUT2D eigenvalue weighted by Crippen LogP contribution is -1.66. The fraction of sp³-hybridized carbons (Fsp3) is 0. The number of rotatable bonds is 2. The van der Waals surface area contributed by atoms with Crippen molar-refractivity contribution in [3.05, 3.63) is 53.0 Å². The SMILES string of the molecule is Oc1ccc(/N=N/c2ccc(Br)cc2)cc1. The van der Waals surface area contributed by atoms with Crippen LogP contribution >= 0.6 is 15.9 Å². The van der Waals surface area contributed by atoms with Gasteiger partial charge in [0.2, 0.25) is 0 Å². The van der Waals surface area contributed by atoms with Gasteiger partial charge in [0.1, 0.15) is 5.75 Å². The Balaban J connectivity index is 2.15. The van der Waals surface area contributed by atoms with Gasteiger partial charge in [0.05, 0.1) is 11.4 Å². The number of nitrogens with zero attached hydrogens (tertiary/aromatic N) is 2. The van der Waals surface area contributed by atoms with Gasteiger partial charge in [-0.25, -0.2) is 0 Å². The Bertz CT molecular complexity index is 444. The molecule has 16 heavy (non-hydrogen) atoms. The van der Waals surface area contributed by atoms with Crippen LogP contribution in [-0.2, 0) is 0 Å². The van der Waals surface area contributed by atoms with Crippen molar-refractivity contribution in [1.29, 1.82) is 0 Å².